The Morgan fingerprint density at radius 2 is 2.00 bits per heavy atom. The lowest BCUT2D eigenvalue weighted by Gasteiger charge is -2.35. The molecule has 1 amide bonds. The van der Waals surface area contributed by atoms with Crippen molar-refractivity contribution in [1.82, 2.24) is 19.7 Å². The number of hydrogen-bond donors (Lipinski definition) is 0. The number of aromatic nitrogens is 3. The number of amides is 1. The number of carbonyl (C=O) groups excluding carboxylic acids is 1. The number of carbonyl (C=O) groups is 1. The summed E-state index contributed by atoms with van der Waals surface area (Å²) in [6.07, 6.45) is 6.38. The van der Waals surface area contributed by atoms with E-state index in [4.69, 9.17) is 11.6 Å². The van der Waals surface area contributed by atoms with Gasteiger partial charge in [0, 0.05) is 19.5 Å². The summed E-state index contributed by atoms with van der Waals surface area (Å²) < 4.78 is 2.23. The van der Waals surface area contributed by atoms with Crippen LogP contribution in [0, 0.1) is 6.92 Å². The van der Waals surface area contributed by atoms with Crippen molar-refractivity contribution < 1.29 is 4.79 Å². The van der Waals surface area contributed by atoms with Crippen LogP contribution in [0.15, 0.2) is 18.2 Å². The molecule has 2 aliphatic heterocycles. The molecule has 1 aromatic heterocycles. The quantitative estimate of drug-likeness (QED) is 0.816. The van der Waals surface area contributed by atoms with Gasteiger partial charge in [-0.2, -0.15) is 0 Å². The summed E-state index contributed by atoms with van der Waals surface area (Å²) in [6, 6.07) is 5.63. The van der Waals surface area contributed by atoms with Gasteiger partial charge in [0.1, 0.15) is 5.82 Å². The van der Waals surface area contributed by atoms with Crippen molar-refractivity contribution >= 4 is 17.5 Å². The molecule has 6 heteroatoms. The molecule has 3 heterocycles. The molecule has 0 spiro atoms. The predicted octanol–water partition coefficient (Wildman–Crippen LogP) is 3.94. The van der Waals surface area contributed by atoms with Crippen LogP contribution in [0.25, 0.3) is 0 Å². The Morgan fingerprint density at radius 1 is 1.16 bits per heavy atom. The maximum Gasteiger partial charge on any atom is 0.255 e. The van der Waals surface area contributed by atoms with E-state index < -0.39 is 0 Å². The van der Waals surface area contributed by atoms with E-state index in [0.717, 1.165) is 62.4 Å². The van der Waals surface area contributed by atoms with Crippen molar-refractivity contribution in [1.29, 1.82) is 0 Å². The summed E-state index contributed by atoms with van der Waals surface area (Å²) in [5, 5.41) is 9.37. The lowest BCUT2D eigenvalue weighted by atomic mass is 9.99. The van der Waals surface area contributed by atoms with Gasteiger partial charge < -0.3 is 9.47 Å². The number of piperidine rings is 1. The second-order valence-corrected chi connectivity index (χ2v) is 7.48. The first kappa shape index (κ1) is 16.6. The maximum atomic E-state index is 13.2. The topological polar surface area (TPSA) is 51.0 Å². The van der Waals surface area contributed by atoms with Crippen LogP contribution in [0.1, 0.15) is 65.7 Å². The minimum atomic E-state index is -0.00188. The number of aryl methyl sites for hydroxylation is 2. The summed E-state index contributed by atoms with van der Waals surface area (Å²) in [4.78, 5) is 15.1. The standard InChI is InChI=1S/C19H23ClN4O/c1-13-8-9-14(15(20)12-13)19(25)23-10-4-2-6-16(23)18-22-21-17-7-3-5-11-24(17)18/h8-9,12,16H,2-7,10-11H2,1H3. The second-order valence-electron chi connectivity index (χ2n) is 7.08. The molecule has 1 fully saturated rings. The van der Waals surface area contributed by atoms with Crippen molar-refractivity contribution in [2.75, 3.05) is 6.54 Å². The summed E-state index contributed by atoms with van der Waals surface area (Å²) in [7, 11) is 0. The molecule has 0 radical (unpaired) electrons. The predicted molar refractivity (Wildman–Crippen MR) is 96.8 cm³/mol. The summed E-state index contributed by atoms with van der Waals surface area (Å²) in [5.41, 5.74) is 1.64. The Labute approximate surface area is 153 Å². The Morgan fingerprint density at radius 3 is 2.84 bits per heavy atom. The van der Waals surface area contributed by atoms with Gasteiger partial charge in [-0.1, -0.05) is 17.7 Å². The minimum absolute atomic E-state index is 0.00188. The average Bonchev–Trinajstić information content (AvgIpc) is 3.05. The highest BCUT2D eigenvalue weighted by Crippen LogP contribution is 2.33. The Bertz CT molecular complexity index is 801. The fourth-order valence-corrected chi connectivity index (χ4v) is 4.28. The fraction of sp³-hybridized carbons (Fsp3) is 0.526. The molecule has 2 aliphatic rings. The number of fused-ring (bicyclic) bond motifs is 1. The highest BCUT2D eigenvalue weighted by Gasteiger charge is 2.34. The monoisotopic (exact) mass is 358 g/mol. The van der Waals surface area contributed by atoms with E-state index in [0.29, 0.717) is 10.6 Å². The second kappa shape index (κ2) is 6.79. The number of likely N-dealkylation sites (tertiary alicyclic amines) is 1. The zero-order valence-corrected chi connectivity index (χ0v) is 15.3. The maximum absolute atomic E-state index is 13.2. The van der Waals surface area contributed by atoms with Crippen LogP contribution >= 0.6 is 11.6 Å². The molecule has 0 saturated carbocycles. The molecular formula is C19H23ClN4O. The Hall–Kier alpha value is -1.88. The van der Waals surface area contributed by atoms with Gasteiger partial charge in [0.15, 0.2) is 5.82 Å². The molecule has 25 heavy (non-hydrogen) atoms. The zero-order valence-electron chi connectivity index (χ0n) is 14.5. The van der Waals surface area contributed by atoms with E-state index in [1.807, 2.05) is 30.0 Å². The fourth-order valence-electron chi connectivity index (χ4n) is 3.97. The molecular weight excluding hydrogens is 336 g/mol. The smallest absolute Gasteiger partial charge is 0.255 e. The number of benzene rings is 1. The van der Waals surface area contributed by atoms with Crippen molar-refractivity contribution in [3.8, 4) is 0 Å². The molecule has 132 valence electrons. The molecule has 1 unspecified atom stereocenters. The number of halogens is 1. The van der Waals surface area contributed by atoms with E-state index in [1.165, 1.54) is 6.42 Å². The van der Waals surface area contributed by atoms with Crippen molar-refractivity contribution in [2.24, 2.45) is 0 Å². The van der Waals surface area contributed by atoms with Crippen LogP contribution in [-0.2, 0) is 13.0 Å². The van der Waals surface area contributed by atoms with E-state index in [1.54, 1.807) is 0 Å². The molecule has 4 rings (SSSR count). The lowest BCUT2D eigenvalue weighted by molar-refractivity contribution is 0.0593. The van der Waals surface area contributed by atoms with Gasteiger partial charge in [0.25, 0.3) is 5.91 Å². The summed E-state index contributed by atoms with van der Waals surface area (Å²) in [5.74, 6) is 2.02. The number of rotatable bonds is 2. The molecule has 0 aliphatic carbocycles. The van der Waals surface area contributed by atoms with E-state index >= 15 is 0 Å². The van der Waals surface area contributed by atoms with E-state index in [9.17, 15) is 4.79 Å². The third-order valence-electron chi connectivity index (χ3n) is 5.30. The van der Waals surface area contributed by atoms with E-state index in [-0.39, 0.29) is 11.9 Å². The van der Waals surface area contributed by atoms with Crippen molar-refractivity contribution in [2.45, 2.75) is 58.0 Å². The molecule has 1 saturated heterocycles. The van der Waals surface area contributed by atoms with Crippen LogP contribution < -0.4 is 0 Å². The first-order chi connectivity index (χ1) is 12.1. The van der Waals surface area contributed by atoms with Crippen molar-refractivity contribution in [3.63, 3.8) is 0 Å². The third kappa shape index (κ3) is 3.06. The Balaban J connectivity index is 1.67. The Kier molecular flexibility index (Phi) is 4.50. The molecule has 0 N–H and O–H groups in total. The SMILES string of the molecule is Cc1ccc(C(=O)N2CCCCC2c2nnc3n2CCCC3)c(Cl)c1. The van der Waals surface area contributed by atoms with Gasteiger partial charge in [-0.25, -0.2) is 0 Å². The van der Waals surface area contributed by atoms with Gasteiger partial charge in [0.2, 0.25) is 0 Å². The zero-order chi connectivity index (χ0) is 17.4. The van der Waals surface area contributed by atoms with Crippen molar-refractivity contribution in [3.05, 3.63) is 46.0 Å². The molecule has 1 atom stereocenters. The van der Waals surface area contributed by atoms with Crippen LogP contribution in [0.4, 0.5) is 0 Å². The highest BCUT2D eigenvalue weighted by atomic mass is 35.5. The largest absolute Gasteiger partial charge is 0.328 e. The minimum Gasteiger partial charge on any atom is -0.328 e. The van der Waals surface area contributed by atoms with Gasteiger partial charge in [0.05, 0.1) is 16.6 Å². The van der Waals surface area contributed by atoms with Gasteiger partial charge >= 0.3 is 0 Å². The van der Waals surface area contributed by atoms with E-state index in [2.05, 4.69) is 14.8 Å². The summed E-state index contributed by atoms with van der Waals surface area (Å²) in [6.45, 7) is 3.68. The number of nitrogens with zero attached hydrogens (tertiary/aromatic N) is 4. The first-order valence-electron chi connectivity index (χ1n) is 9.14. The van der Waals surface area contributed by atoms with Crippen LogP contribution in [0.3, 0.4) is 0 Å². The number of hydrogen-bond acceptors (Lipinski definition) is 3. The van der Waals surface area contributed by atoms with Gasteiger partial charge in [-0.3, -0.25) is 4.79 Å². The lowest BCUT2D eigenvalue weighted by Crippen LogP contribution is -2.40. The van der Waals surface area contributed by atoms with Crippen LogP contribution in [-0.4, -0.2) is 32.1 Å². The molecule has 0 bridgehead atoms. The van der Waals surface area contributed by atoms with Gasteiger partial charge in [-0.15, -0.1) is 10.2 Å². The van der Waals surface area contributed by atoms with Gasteiger partial charge in [-0.05, 0) is 56.7 Å². The molecule has 1 aromatic carbocycles. The average molecular weight is 359 g/mol. The third-order valence-corrected chi connectivity index (χ3v) is 5.62. The molecule has 2 aromatic rings. The van der Waals surface area contributed by atoms with Crippen LogP contribution in [0.2, 0.25) is 5.02 Å². The van der Waals surface area contributed by atoms with Crippen LogP contribution in [0.5, 0.6) is 0 Å². The molecule has 5 nitrogen and oxygen atoms in total. The first-order valence-corrected chi connectivity index (χ1v) is 9.52. The highest BCUT2D eigenvalue weighted by molar-refractivity contribution is 6.33. The summed E-state index contributed by atoms with van der Waals surface area (Å²) >= 11 is 6.35. The normalized spacial score (nSPS) is 20.4.